The van der Waals surface area contributed by atoms with Crippen molar-refractivity contribution in [1.29, 1.82) is 0 Å². The van der Waals surface area contributed by atoms with Crippen LogP contribution in [0.15, 0.2) is 42.5 Å². The maximum atomic E-state index is 13.0. The highest BCUT2D eigenvalue weighted by atomic mass is 16.5. The van der Waals surface area contributed by atoms with Gasteiger partial charge in [0.25, 0.3) is 0 Å². The van der Waals surface area contributed by atoms with Gasteiger partial charge in [0.15, 0.2) is 0 Å². The molecule has 5 nitrogen and oxygen atoms in total. The summed E-state index contributed by atoms with van der Waals surface area (Å²) in [5.74, 6) is 1.21. The molecule has 0 bridgehead atoms. The molecule has 0 unspecified atom stereocenters. The number of benzene rings is 2. The fourth-order valence-electron chi connectivity index (χ4n) is 5.27. The Kier molecular flexibility index (Phi) is 5.97. The van der Waals surface area contributed by atoms with Gasteiger partial charge in [-0.15, -0.1) is 0 Å². The smallest absolute Gasteiger partial charge is 0.237 e. The van der Waals surface area contributed by atoms with Crippen molar-refractivity contribution in [2.24, 2.45) is 0 Å². The van der Waals surface area contributed by atoms with Gasteiger partial charge in [-0.2, -0.15) is 0 Å². The molecule has 5 rings (SSSR count). The van der Waals surface area contributed by atoms with E-state index in [2.05, 4.69) is 64.5 Å². The fourth-order valence-corrected chi connectivity index (χ4v) is 5.27. The minimum atomic E-state index is -0.0895. The molecule has 2 aliphatic heterocycles. The monoisotopic (exact) mass is 419 g/mol. The first-order valence-electron chi connectivity index (χ1n) is 11.8. The molecule has 2 heterocycles. The predicted octanol–water partition coefficient (Wildman–Crippen LogP) is 3.32. The van der Waals surface area contributed by atoms with Gasteiger partial charge in [0.1, 0.15) is 5.75 Å². The fraction of sp³-hybridized carbons (Fsp3) is 0.500. The largest absolute Gasteiger partial charge is 0.493 e. The lowest BCUT2D eigenvalue weighted by Gasteiger charge is -2.38. The summed E-state index contributed by atoms with van der Waals surface area (Å²) in [6.45, 7) is 7.70. The van der Waals surface area contributed by atoms with Crippen LogP contribution in [-0.4, -0.2) is 54.5 Å². The highest BCUT2D eigenvalue weighted by Crippen LogP contribution is 2.30. The summed E-state index contributed by atoms with van der Waals surface area (Å²) in [6, 6.07) is 15.2. The van der Waals surface area contributed by atoms with Gasteiger partial charge in [0.2, 0.25) is 5.91 Å². The summed E-state index contributed by atoms with van der Waals surface area (Å²) >= 11 is 0. The molecule has 0 radical (unpaired) electrons. The van der Waals surface area contributed by atoms with Crippen molar-refractivity contribution in [2.45, 2.75) is 51.2 Å². The third kappa shape index (κ3) is 4.48. The average Bonchev–Trinajstić information content (AvgIpc) is 3.27. The third-order valence-corrected chi connectivity index (χ3v) is 7.18. The van der Waals surface area contributed by atoms with Crippen LogP contribution in [0.5, 0.6) is 5.75 Å². The second-order valence-electron chi connectivity index (χ2n) is 9.18. The zero-order chi connectivity index (χ0) is 21.2. The molecule has 1 saturated heterocycles. The Labute approximate surface area is 185 Å². The average molecular weight is 420 g/mol. The van der Waals surface area contributed by atoms with Crippen LogP contribution >= 0.6 is 0 Å². The lowest BCUT2D eigenvalue weighted by atomic mass is 9.87. The number of amides is 1. The lowest BCUT2D eigenvalue weighted by molar-refractivity contribution is -0.127. The number of carbonyl (C=O) groups is 1. The summed E-state index contributed by atoms with van der Waals surface area (Å²) in [7, 11) is 0. The van der Waals surface area contributed by atoms with Crippen LogP contribution in [0, 0.1) is 0 Å². The van der Waals surface area contributed by atoms with Crippen molar-refractivity contribution in [3.63, 3.8) is 0 Å². The molecule has 3 aliphatic rings. The number of fused-ring (bicyclic) bond motifs is 2. The molecule has 1 fully saturated rings. The van der Waals surface area contributed by atoms with E-state index in [1.54, 1.807) is 0 Å². The Morgan fingerprint density at radius 2 is 1.94 bits per heavy atom. The van der Waals surface area contributed by atoms with Crippen LogP contribution in [0.2, 0.25) is 0 Å². The zero-order valence-corrected chi connectivity index (χ0v) is 18.5. The maximum absolute atomic E-state index is 13.0. The number of carbonyl (C=O) groups excluding carboxylic acids is 1. The number of piperazine rings is 1. The maximum Gasteiger partial charge on any atom is 0.237 e. The van der Waals surface area contributed by atoms with E-state index >= 15 is 0 Å². The van der Waals surface area contributed by atoms with Crippen LogP contribution in [0.3, 0.4) is 0 Å². The first-order chi connectivity index (χ1) is 15.2. The molecule has 0 aromatic heterocycles. The molecule has 31 heavy (non-hydrogen) atoms. The van der Waals surface area contributed by atoms with E-state index in [0.29, 0.717) is 0 Å². The molecule has 0 spiro atoms. The van der Waals surface area contributed by atoms with Crippen LogP contribution in [0.4, 0.5) is 0 Å². The number of ether oxygens (including phenoxy) is 1. The van der Waals surface area contributed by atoms with Crippen molar-refractivity contribution >= 4 is 5.91 Å². The second-order valence-corrected chi connectivity index (χ2v) is 9.18. The van der Waals surface area contributed by atoms with Crippen LogP contribution in [0.1, 0.15) is 48.1 Å². The van der Waals surface area contributed by atoms with Gasteiger partial charge in [-0.05, 0) is 54.5 Å². The third-order valence-electron chi connectivity index (χ3n) is 7.18. The van der Waals surface area contributed by atoms with Crippen molar-refractivity contribution in [3.05, 3.63) is 64.7 Å². The highest BCUT2D eigenvalue weighted by molar-refractivity contribution is 5.81. The van der Waals surface area contributed by atoms with Gasteiger partial charge >= 0.3 is 0 Å². The zero-order valence-electron chi connectivity index (χ0n) is 18.5. The summed E-state index contributed by atoms with van der Waals surface area (Å²) in [5.41, 5.74) is 5.39. The van der Waals surface area contributed by atoms with E-state index in [-0.39, 0.29) is 18.0 Å². The number of hydrogen-bond donors (Lipinski definition) is 1. The molecule has 1 amide bonds. The van der Waals surface area contributed by atoms with Crippen molar-refractivity contribution in [3.8, 4) is 5.75 Å². The normalized spacial score (nSPS) is 22.3. The standard InChI is InChI=1S/C26H33N3O2/c1-19(26(30)27-24-8-4-6-21-5-2-3-7-23(21)24)29-14-12-28(13-15-29)18-20-9-10-25-22(17-20)11-16-31-25/h2-3,5,7,9-10,17,19,24H,4,6,8,11-16,18H2,1H3,(H,27,30)/t19-,24+/m1/s1. The number of hydrogen-bond acceptors (Lipinski definition) is 4. The Hall–Kier alpha value is -2.37. The lowest BCUT2D eigenvalue weighted by Crippen LogP contribution is -2.54. The van der Waals surface area contributed by atoms with Gasteiger partial charge in [0.05, 0.1) is 18.7 Å². The number of rotatable bonds is 5. The minimum absolute atomic E-state index is 0.0895. The molecule has 0 saturated carbocycles. The van der Waals surface area contributed by atoms with Crippen LogP contribution in [0.25, 0.3) is 0 Å². The number of aryl methyl sites for hydroxylation is 1. The van der Waals surface area contributed by atoms with Crippen LogP contribution < -0.4 is 10.1 Å². The Balaban J connectivity index is 1.13. The Morgan fingerprint density at radius 1 is 1.10 bits per heavy atom. The highest BCUT2D eigenvalue weighted by Gasteiger charge is 2.28. The molecule has 164 valence electrons. The molecular weight excluding hydrogens is 386 g/mol. The topological polar surface area (TPSA) is 44.8 Å². The van der Waals surface area contributed by atoms with E-state index in [4.69, 9.17) is 4.74 Å². The molecular formula is C26H33N3O2. The number of nitrogens with zero attached hydrogens (tertiary/aromatic N) is 2. The first-order valence-corrected chi connectivity index (χ1v) is 11.8. The van der Waals surface area contributed by atoms with Gasteiger partial charge in [-0.1, -0.05) is 36.4 Å². The summed E-state index contributed by atoms with van der Waals surface area (Å²) in [4.78, 5) is 17.8. The van der Waals surface area contributed by atoms with E-state index < -0.39 is 0 Å². The summed E-state index contributed by atoms with van der Waals surface area (Å²) in [5, 5.41) is 3.34. The molecule has 1 aliphatic carbocycles. The molecule has 2 atom stereocenters. The molecule has 1 N–H and O–H groups in total. The Morgan fingerprint density at radius 3 is 2.81 bits per heavy atom. The second kappa shape index (κ2) is 9.01. The van der Waals surface area contributed by atoms with E-state index in [0.717, 1.165) is 70.8 Å². The van der Waals surface area contributed by atoms with Gasteiger partial charge in [-0.25, -0.2) is 0 Å². The van der Waals surface area contributed by atoms with Crippen LogP contribution in [-0.2, 0) is 24.2 Å². The summed E-state index contributed by atoms with van der Waals surface area (Å²) in [6.07, 6.45) is 4.32. The number of nitrogens with one attached hydrogen (secondary N) is 1. The van der Waals surface area contributed by atoms with Crippen molar-refractivity contribution < 1.29 is 9.53 Å². The van der Waals surface area contributed by atoms with Gasteiger partial charge in [-0.3, -0.25) is 14.6 Å². The van der Waals surface area contributed by atoms with Crippen molar-refractivity contribution in [1.82, 2.24) is 15.1 Å². The van der Waals surface area contributed by atoms with E-state index in [9.17, 15) is 4.79 Å². The first kappa shape index (κ1) is 20.5. The quantitative estimate of drug-likeness (QED) is 0.808. The minimum Gasteiger partial charge on any atom is -0.493 e. The predicted molar refractivity (Wildman–Crippen MR) is 122 cm³/mol. The van der Waals surface area contributed by atoms with Gasteiger partial charge in [0, 0.05) is 39.1 Å². The van der Waals surface area contributed by atoms with Crippen molar-refractivity contribution in [2.75, 3.05) is 32.8 Å². The Bertz CT molecular complexity index is 936. The molecule has 2 aromatic rings. The van der Waals surface area contributed by atoms with E-state index in [1.165, 1.54) is 22.3 Å². The molecule has 2 aromatic carbocycles. The SMILES string of the molecule is C[C@H](C(=O)N[C@H]1CCCc2ccccc21)N1CCN(Cc2ccc3c(c2)CCO3)CC1. The molecule has 5 heteroatoms. The summed E-state index contributed by atoms with van der Waals surface area (Å²) < 4.78 is 5.62. The van der Waals surface area contributed by atoms with Gasteiger partial charge < -0.3 is 10.1 Å². The van der Waals surface area contributed by atoms with E-state index in [1.807, 2.05) is 0 Å².